The van der Waals surface area contributed by atoms with E-state index in [2.05, 4.69) is 15.8 Å². The molecule has 160 valence electrons. The van der Waals surface area contributed by atoms with Gasteiger partial charge in [-0.1, -0.05) is 23.4 Å². The molecule has 2 aromatic carbocycles. The third-order valence-corrected chi connectivity index (χ3v) is 3.93. The summed E-state index contributed by atoms with van der Waals surface area (Å²) in [7, 11) is 0. The van der Waals surface area contributed by atoms with Crippen molar-refractivity contribution >= 4 is 29.3 Å². The molecule has 2 amide bonds. The molecule has 9 heteroatoms. The van der Waals surface area contributed by atoms with E-state index in [9.17, 15) is 14.4 Å². The molecule has 0 atom stereocenters. The number of nitrogens with one attached hydrogen (secondary N) is 2. The number of rotatable bonds is 9. The predicted octanol–water partition coefficient (Wildman–Crippen LogP) is 3.68. The van der Waals surface area contributed by atoms with Crippen LogP contribution < -0.4 is 15.4 Å². The molecule has 3 aromatic rings. The summed E-state index contributed by atoms with van der Waals surface area (Å²) >= 11 is 0. The Morgan fingerprint density at radius 2 is 1.61 bits per heavy atom. The van der Waals surface area contributed by atoms with Crippen molar-refractivity contribution < 1.29 is 28.4 Å². The van der Waals surface area contributed by atoms with Crippen molar-refractivity contribution in [2.75, 3.05) is 17.2 Å². The first-order chi connectivity index (χ1) is 15.0. The summed E-state index contributed by atoms with van der Waals surface area (Å²) in [6.45, 7) is 1.20. The number of carbonyl (C=O) groups is 3. The molecule has 0 spiro atoms. The molecule has 0 saturated carbocycles. The van der Waals surface area contributed by atoms with Gasteiger partial charge >= 0.3 is 5.97 Å². The maximum Gasteiger partial charge on any atom is 0.306 e. The van der Waals surface area contributed by atoms with Crippen LogP contribution in [0.15, 0.2) is 65.2 Å². The van der Waals surface area contributed by atoms with Gasteiger partial charge in [0, 0.05) is 18.2 Å². The molecule has 1 heterocycles. The number of aryl methyl sites for hydroxylation is 1. The first-order valence-corrected chi connectivity index (χ1v) is 9.49. The van der Waals surface area contributed by atoms with Crippen LogP contribution in [0.25, 0.3) is 0 Å². The van der Waals surface area contributed by atoms with Crippen LogP contribution in [0.4, 0.5) is 11.5 Å². The number of para-hydroxylation sites is 1. The first-order valence-electron chi connectivity index (χ1n) is 9.49. The van der Waals surface area contributed by atoms with Crippen molar-refractivity contribution in [2.24, 2.45) is 0 Å². The summed E-state index contributed by atoms with van der Waals surface area (Å²) in [6.07, 6.45) is -0.234. The number of anilines is 2. The number of aromatic nitrogens is 1. The van der Waals surface area contributed by atoms with Crippen LogP contribution in [0.2, 0.25) is 0 Å². The lowest BCUT2D eigenvalue weighted by Gasteiger charge is -2.08. The molecule has 0 bridgehead atoms. The molecule has 9 nitrogen and oxygen atoms in total. The summed E-state index contributed by atoms with van der Waals surface area (Å²) in [5.41, 5.74) is 0.570. The van der Waals surface area contributed by atoms with Gasteiger partial charge in [-0.3, -0.25) is 14.4 Å². The van der Waals surface area contributed by atoms with Gasteiger partial charge in [-0.2, -0.15) is 0 Å². The van der Waals surface area contributed by atoms with Crippen LogP contribution in [0, 0.1) is 6.92 Å². The van der Waals surface area contributed by atoms with E-state index in [-0.39, 0.29) is 24.6 Å². The van der Waals surface area contributed by atoms with E-state index in [1.54, 1.807) is 31.2 Å². The third-order valence-electron chi connectivity index (χ3n) is 3.93. The van der Waals surface area contributed by atoms with Gasteiger partial charge < -0.3 is 24.6 Å². The second kappa shape index (κ2) is 10.6. The van der Waals surface area contributed by atoms with Crippen molar-refractivity contribution in [3.8, 4) is 11.5 Å². The smallest absolute Gasteiger partial charge is 0.306 e. The van der Waals surface area contributed by atoms with Gasteiger partial charge in [0.1, 0.15) is 17.3 Å². The number of hydrogen-bond donors (Lipinski definition) is 2. The van der Waals surface area contributed by atoms with Gasteiger partial charge in [0.2, 0.25) is 5.91 Å². The van der Waals surface area contributed by atoms with E-state index in [0.29, 0.717) is 22.9 Å². The Bertz CT molecular complexity index is 1030. The quantitative estimate of drug-likeness (QED) is 0.504. The second-order valence-electron chi connectivity index (χ2n) is 6.52. The van der Waals surface area contributed by atoms with Crippen molar-refractivity contribution in [1.82, 2.24) is 5.16 Å². The first kappa shape index (κ1) is 21.6. The van der Waals surface area contributed by atoms with Gasteiger partial charge in [0.15, 0.2) is 12.4 Å². The van der Waals surface area contributed by atoms with Crippen molar-refractivity contribution in [3.05, 3.63) is 66.4 Å². The molecular formula is C22H21N3O6. The number of nitrogens with zero attached hydrogens (tertiary/aromatic N) is 1. The van der Waals surface area contributed by atoms with Crippen molar-refractivity contribution in [2.45, 2.75) is 19.8 Å². The average molecular weight is 423 g/mol. The fraction of sp³-hybridized carbons (Fsp3) is 0.182. The molecule has 0 saturated heterocycles. The Morgan fingerprint density at radius 3 is 2.29 bits per heavy atom. The molecule has 0 radical (unpaired) electrons. The summed E-state index contributed by atoms with van der Waals surface area (Å²) in [5.74, 6) is 0.553. The van der Waals surface area contributed by atoms with Gasteiger partial charge in [0.05, 0.1) is 6.42 Å². The average Bonchev–Trinajstić information content (AvgIpc) is 3.17. The topological polar surface area (TPSA) is 120 Å². The summed E-state index contributed by atoms with van der Waals surface area (Å²) in [6, 6.07) is 17.7. The lowest BCUT2D eigenvalue weighted by molar-refractivity contribution is -0.147. The maximum absolute atomic E-state index is 12.0. The van der Waals surface area contributed by atoms with Crippen LogP contribution >= 0.6 is 0 Å². The Hall–Kier alpha value is -4.14. The Kier molecular flexibility index (Phi) is 7.36. The molecule has 3 rings (SSSR count). The van der Waals surface area contributed by atoms with E-state index in [1.165, 1.54) is 6.07 Å². The summed E-state index contributed by atoms with van der Waals surface area (Å²) in [5, 5.41) is 8.71. The van der Waals surface area contributed by atoms with E-state index < -0.39 is 18.5 Å². The molecule has 0 aliphatic heterocycles. The van der Waals surface area contributed by atoms with Gasteiger partial charge in [0.25, 0.3) is 5.91 Å². The van der Waals surface area contributed by atoms with E-state index in [4.69, 9.17) is 14.0 Å². The minimum atomic E-state index is -0.659. The highest BCUT2D eigenvalue weighted by atomic mass is 16.5. The number of ether oxygens (including phenoxy) is 2. The van der Waals surface area contributed by atoms with E-state index in [1.807, 2.05) is 30.3 Å². The second-order valence-corrected chi connectivity index (χ2v) is 6.52. The molecule has 0 aliphatic rings. The number of amides is 2. The lowest BCUT2D eigenvalue weighted by atomic mass is 10.2. The maximum atomic E-state index is 12.0. The van der Waals surface area contributed by atoms with Crippen LogP contribution in [-0.4, -0.2) is 29.5 Å². The lowest BCUT2D eigenvalue weighted by Crippen LogP contribution is -2.21. The zero-order chi connectivity index (χ0) is 22.1. The third kappa shape index (κ3) is 7.32. The highest BCUT2D eigenvalue weighted by molar-refractivity contribution is 5.94. The molecule has 1 aromatic heterocycles. The Labute approximate surface area is 178 Å². The number of benzene rings is 2. The van der Waals surface area contributed by atoms with Gasteiger partial charge in [-0.05, 0) is 43.3 Å². The van der Waals surface area contributed by atoms with Gasteiger partial charge in [-0.25, -0.2) is 0 Å². The minimum absolute atomic E-state index is 0.0782. The van der Waals surface area contributed by atoms with Crippen LogP contribution in [0.5, 0.6) is 11.5 Å². The summed E-state index contributed by atoms with van der Waals surface area (Å²) < 4.78 is 15.4. The highest BCUT2D eigenvalue weighted by Gasteiger charge is 2.12. The van der Waals surface area contributed by atoms with Crippen molar-refractivity contribution in [3.63, 3.8) is 0 Å². The highest BCUT2D eigenvalue weighted by Crippen LogP contribution is 2.22. The Balaban J connectivity index is 1.35. The molecule has 0 fully saturated rings. The normalized spacial score (nSPS) is 10.2. The minimum Gasteiger partial charge on any atom is -0.457 e. The van der Waals surface area contributed by atoms with Crippen LogP contribution in [-0.2, 0) is 19.1 Å². The van der Waals surface area contributed by atoms with Gasteiger partial charge in [-0.15, -0.1) is 0 Å². The number of hydrogen-bond acceptors (Lipinski definition) is 7. The molecule has 31 heavy (non-hydrogen) atoms. The fourth-order valence-corrected chi connectivity index (χ4v) is 2.49. The molecule has 2 N–H and O–H groups in total. The largest absolute Gasteiger partial charge is 0.457 e. The predicted molar refractivity (Wildman–Crippen MR) is 112 cm³/mol. The SMILES string of the molecule is Cc1cc(NC(=O)COC(=O)CCC(=O)Nc2ccc(Oc3ccccc3)cc2)no1. The monoisotopic (exact) mass is 423 g/mol. The van der Waals surface area contributed by atoms with E-state index >= 15 is 0 Å². The molecule has 0 unspecified atom stereocenters. The van der Waals surface area contributed by atoms with Crippen LogP contribution in [0.3, 0.4) is 0 Å². The number of carbonyl (C=O) groups excluding carboxylic acids is 3. The standard InChI is InChI=1S/C22H21N3O6/c1-15-13-19(25-31-15)24-21(27)14-29-22(28)12-11-20(26)23-16-7-9-18(10-8-16)30-17-5-3-2-4-6-17/h2-10,13H,11-12,14H2,1H3,(H,23,26)(H,24,25,27). The van der Waals surface area contributed by atoms with Crippen LogP contribution in [0.1, 0.15) is 18.6 Å². The zero-order valence-electron chi connectivity index (χ0n) is 16.8. The molecule has 0 aliphatic carbocycles. The fourth-order valence-electron chi connectivity index (χ4n) is 2.49. The zero-order valence-corrected chi connectivity index (χ0v) is 16.8. The Morgan fingerprint density at radius 1 is 0.903 bits per heavy atom. The summed E-state index contributed by atoms with van der Waals surface area (Å²) in [4.78, 5) is 35.5. The molecular weight excluding hydrogens is 402 g/mol. The van der Waals surface area contributed by atoms with Crippen molar-refractivity contribution in [1.29, 1.82) is 0 Å². The number of esters is 1. The van der Waals surface area contributed by atoms with E-state index in [0.717, 1.165) is 0 Å².